The predicted octanol–water partition coefficient (Wildman–Crippen LogP) is -0.125. The number of carboxylic acid groups (broad SMARTS) is 1. The maximum Gasteiger partial charge on any atom is 0.338 e. The van der Waals surface area contributed by atoms with E-state index in [1.807, 2.05) is 0 Å². The molecule has 2 N–H and O–H groups in total. The lowest BCUT2D eigenvalue weighted by molar-refractivity contribution is -0.175. The topological polar surface area (TPSA) is 76.0 Å². The summed E-state index contributed by atoms with van der Waals surface area (Å²) in [5.74, 6) is -1.06. The van der Waals surface area contributed by atoms with Crippen LogP contribution in [-0.2, 0) is 14.3 Å². The summed E-state index contributed by atoms with van der Waals surface area (Å²) in [4.78, 5) is 10.9. The molecule has 0 saturated heterocycles. The Labute approximate surface area is 77.3 Å². The van der Waals surface area contributed by atoms with Crippen LogP contribution in [0.2, 0.25) is 0 Å². The van der Waals surface area contributed by atoms with Gasteiger partial charge in [0.25, 0.3) is 0 Å². The first-order chi connectivity index (χ1) is 6.13. The molecule has 0 aromatic rings. The molecular formula is C8H16O5. The van der Waals surface area contributed by atoms with Crippen LogP contribution in [0.4, 0.5) is 0 Å². The van der Waals surface area contributed by atoms with E-state index < -0.39 is 11.6 Å². The molecule has 0 fully saturated rings. The zero-order valence-corrected chi connectivity index (χ0v) is 7.95. The minimum absolute atomic E-state index is 0.00347. The Morgan fingerprint density at radius 3 is 2.46 bits per heavy atom. The van der Waals surface area contributed by atoms with Gasteiger partial charge in [-0.3, -0.25) is 0 Å². The monoisotopic (exact) mass is 192 g/mol. The fraction of sp³-hybridized carbons (Fsp3) is 0.875. The molecule has 1 atom stereocenters. The first-order valence-corrected chi connectivity index (χ1v) is 4.10. The van der Waals surface area contributed by atoms with Gasteiger partial charge in [0.05, 0.1) is 19.8 Å². The van der Waals surface area contributed by atoms with Gasteiger partial charge in [0.2, 0.25) is 0 Å². The fourth-order valence-corrected chi connectivity index (χ4v) is 0.995. The van der Waals surface area contributed by atoms with E-state index in [9.17, 15) is 4.79 Å². The average Bonchev–Trinajstić information content (AvgIpc) is 2.12. The minimum atomic E-state index is -1.32. The third-order valence-corrected chi connectivity index (χ3v) is 1.81. The SMILES string of the molecule is CCC(COC)(OCCO)C(=O)O. The van der Waals surface area contributed by atoms with Gasteiger partial charge in [-0.15, -0.1) is 0 Å². The van der Waals surface area contributed by atoms with E-state index in [4.69, 9.17) is 19.7 Å². The van der Waals surface area contributed by atoms with Crippen LogP contribution >= 0.6 is 0 Å². The minimum Gasteiger partial charge on any atom is -0.479 e. The van der Waals surface area contributed by atoms with Gasteiger partial charge in [0.15, 0.2) is 5.60 Å². The van der Waals surface area contributed by atoms with Gasteiger partial charge in [-0.05, 0) is 6.42 Å². The Kier molecular flexibility index (Phi) is 5.61. The second-order valence-electron chi connectivity index (χ2n) is 2.66. The summed E-state index contributed by atoms with van der Waals surface area (Å²) in [6, 6.07) is 0. The van der Waals surface area contributed by atoms with Crippen molar-refractivity contribution >= 4 is 5.97 Å². The quantitative estimate of drug-likeness (QED) is 0.588. The molecule has 5 nitrogen and oxygen atoms in total. The van der Waals surface area contributed by atoms with Crippen LogP contribution in [0.25, 0.3) is 0 Å². The summed E-state index contributed by atoms with van der Waals surface area (Å²) in [5, 5.41) is 17.4. The Morgan fingerprint density at radius 2 is 2.15 bits per heavy atom. The van der Waals surface area contributed by atoms with Crippen molar-refractivity contribution in [2.24, 2.45) is 0 Å². The highest BCUT2D eigenvalue weighted by molar-refractivity contribution is 5.77. The first kappa shape index (κ1) is 12.3. The van der Waals surface area contributed by atoms with Crippen molar-refractivity contribution < 1.29 is 24.5 Å². The van der Waals surface area contributed by atoms with Crippen LogP contribution in [0.15, 0.2) is 0 Å². The summed E-state index contributed by atoms with van der Waals surface area (Å²) in [6.45, 7) is 1.49. The zero-order chi connectivity index (χ0) is 10.3. The van der Waals surface area contributed by atoms with Crippen molar-refractivity contribution in [3.05, 3.63) is 0 Å². The molecule has 1 unspecified atom stereocenters. The van der Waals surface area contributed by atoms with Crippen molar-refractivity contribution in [1.82, 2.24) is 0 Å². The zero-order valence-electron chi connectivity index (χ0n) is 7.95. The van der Waals surface area contributed by atoms with Crippen LogP contribution in [0.1, 0.15) is 13.3 Å². The van der Waals surface area contributed by atoms with Crippen molar-refractivity contribution in [3.63, 3.8) is 0 Å². The molecule has 0 radical (unpaired) electrons. The predicted molar refractivity (Wildman–Crippen MR) is 45.6 cm³/mol. The molecule has 0 aromatic carbocycles. The standard InChI is InChI=1S/C8H16O5/c1-3-8(6-12-2,7(10)11)13-5-4-9/h9H,3-6H2,1-2H3,(H,10,11). The second-order valence-corrected chi connectivity index (χ2v) is 2.66. The number of aliphatic hydroxyl groups excluding tert-OH is 1. The Bertz CT molecular complexity index is 159. The molecule has 13 heavy (non-hydrogen) atoms. The highest BCUT2D eigenvalue weighted by Gasteiger charge is 2.37. The number of aliphatic carboxylic acids is 1. The Morgan fingerprint density at radius 1 is 1.54 bits per heavy atom. The smallest absolute Gasteiger partial charge is 0.338 e. The van der Waals surface area contributed by atoms with Crippen LogP contribution in [0.5, 0.6) is 0 Å². The molecule has 78 valence electrons. The molecule has 0 amide bonds. The first-order valence-electron chi connectivity index (χ1n) is 4.10. The van der Waals surface area contributed by atoms with Crippen LogP contribution in [0, 0.1) is 0 Å². The lowest BCUT2D eigenvalue weighted by atomic mass is 10.0. The maximum atomic E-state index is 10.9. The molecule has 0 saturated carbocycles. The average molecular weight is 192 g/mol. The normalized spacial score (nSPS) is 15.3. The highest BCUT2D eigenvalue weighted by atomic mass is 16.6. The Hall–Kier alpha value is -0.650. The van der Waals surface area contributed by atoms with Crippen LogP contribution in [0.3, 0.4) is 0 Å². The largest absolute Gasteiger partial charge is 0.479 e. The molecular weight excluding hydrogens is 176 g/mol. The molecule has 5 heteroatoms. The van der Waals surface area contributed by atoms with Gasteiger partial charge in [0, 0.05) is 7.11 Å². The number of hydrogen-bond acceptors (Lipinski definition) is 4. The molecule has 0 rings (SSSR count). The fourth-order valence-electron chi connectivity index (χ4n) is 0.995. The lowest BCUT2D eigenvalue weighted by Gasteiger charge is -2.27. The van der Waals surface area contributed by atoms with Crippen molar-refractivity contribution in [1.29, 1.82) is 0 Å². The molecule has 0 spiro atoms. The maximum absolute atomic E-state index is 10.9. The van der Waals surface area contributed by atoms with Gasteiger partial charge in [-0.25, -0.2) is 4.79 Å². The Balaban J connectivity index is 4.35. The molecule has 0 heterocycles. The van der Waals surface area contributed by atoms with E-state index in [0.29, 0.717) is 6.42 Å². The van der Waals surface area contributed by atoms with E-state index in [-0.39, 0.29) is 19.8 Å². The molecule has 0 aliphatic rings. The highest BCUT2D eigenvalue weighted by Crippen LogP contribution is 2.16. The number of carboxylic acids is 1. The number of ether oxygens (including phenoxy) is 2. The molecule has 0 aliphatic heterocycles. The van der Waals surface area contributed by atoms with Crippen molar-refractivity contribution in [2.75, 3.05) is 26.9 Å². The summed E-state index contributed by atoms with van der Waals surface area (Å²) in [5.41, 5.74) is -1.32. The number of hydrogen-bond donors (Lipinski definition) is 2. The van der Waals surface area contributed by atoms with Gasteiger partial charge < -0.3 is 19.7 Å². The number of aliphatic hydroxyl groups is 1. The van der Waals surface area contributed by atoms with E-state index >= 15 is 0 Å². The molecule has 0 aromatic heterocycles. The van der Waals surface area contributed by atoms with E-state index in [0.717, 1.165) is 0 Å². The van der Waals surface area contributed by atoms with Gasteiger partial charge in [-0.2, -0.15) is 0 Å². The summed E-state index contributed by atoms with van der Waals surface area (Å²) < 4.78 is 9.82. The molecule has 0 aliphatic carbocycles. The van der Waals surface area contributed by atoms with E-state index in [2.05, 4.69) is 0 Å². The summed E-state index contributed by atoms with van der Waals surface area (Å²) >= 11 is 0. The number of rotatable bonds is 7. The van der Waals surface area contributed by atoms with E-state index in [1.165, 1.54) is 7.11 Å². The third kappa shape index (κ3) is 3.30. The summed E-state index contributed by atoms with van der Waals surface area (Å²) in [6.07, 6.45) is 0.302. The van der Waals surface area contributed by atoms with Crippen molar-refractivity contribution in [3.8, 4) is 0 Å². The van der Waals surface area contributed by atoms with E-state index in [1.54, 1.807) is 6.92 Å². The van der Waals surface area contributed by atoms with Crippen LogP contribution < -0.4 is 0 Å². The van der Waals surface area contributed by atoms with Crippen molar-refractivity contribution in [2.45, 2.75) is 18.9 Å². The van der Waals surface area contributed by atoms with Gasteiger partial charge in [-0.1, -0.05) is 6.92 Å². The van der Waals surface area contributed by atoms with Crippen LogP contribution in [-0.4, -0.2) is 48.7 Å². The number of methoxy groups -OCH3 is 1. The lowest BCUT2D eigenvalue weighted by Crippen LogP contribution is -2.45. The molecule has 0 bridgehead atoms. The third-order valence-electron chi connectivity index (χ3n) is 1.81. The second kappa shape index (κ2) is 5.90. The van der Waals surface area contributed by atoms with Gasteiger partial charge >= 0.3 is 5.97 Å². The van der Waals surface area contributed by atoms with Gasteiger partial charge in [0.1, 0.15) is 0 Å². The number of carbonyl (C=O) groups is 1. The summed E-state index contributed by atoms with van der Waals surface area (Å²) in [7, 11) is 1.41.